The highest BCUT2D eigenvalue weighted by Gasteiger charge is 2.15. The Kier molecular flexibility index (Phi) is 7.10. The van der Waals surface area contributed by atoms with Gasteiger partial charge in [0.05, 0.1) is 6.10 Å². The van der Waals surface area contributed by atoms with E-state index in [1.54, 1.807) is 0 Å². The Bertz CT molecular complexity index is 346. The zero-order valence-electron chi connectivity index (χ0n) is 12.8. The lowest BCUT2D eigenvalue weighted by Crippen LogP contribution is -2.28. The smallest absolute Gasteiger partial charge is 0.0575 e. The average Bonchev–Trinajstić information content (AvgIpc) is 2.52. The summed E-state index contributed by atoms with van der Waals surface area (Å²) < 4.78 is 5.82. The van der Waals surface area contributed by atoms with Gasteiger partial charge < -0.3 is 10.1 Å². The fourth-order valence-corrected chi connectivity index (χ4v) is 3.05. The second-order valence-electron chi connectivity index (χ2n) is 5.93. The summed E-state index contributed by atoms with van der Waals surface area (Å²) in [5, 5.41) is 3.47. The maximum absolute atomic E-state index is 5.82. The van der Waals surface area contributed by atoms with Gasteiger partial charge >= 0.3 is 0 Å². The second-order valence-corrected chi connectivity index (χ2v) is 5.93. The van der Waals surface area contributed by atoms with Gasteiger partial charge in [-0.3, -0.25) is 0 Å². The number of hydrogen-bond acceptors (Lipinski definition) is 2. The minimum atomic E-state index is 0.522. The molecule has 2 atom stereocenters. The summed E-state index contributed by atoms with van der Waals surface area (Å²) in [7, 11) is 2.09. The molecule has 2 nitrogen and oxygen atoms in total. The van der Waals surface area contributed by atoms with Crippen LogP contribution in [-0.2, 0) is 11.2 Å². The molecule has 2 rings (SSSR count). The Balaban J connectivity index is 1.61. The molecule has 2 heteroatoms. The molecule has 0 aromatic heterocycles. The maximum Gasteiger partial charge on any atom is 0.0575 e. The number of benzene rings is 1. The number of ether oxygens (including phenoxy) is 1. The van der Waals surface area contributed by atoms with E-state index in [1.165, 1.54) is 56.9 Å². The standard InChI is InChI=1S/C18H29NO/c1-19-17(13-14-18-12-5-6-15-20-18)11-7-10-16-8-3-2-4-9-16/h2-4,8-9,17-19H,5-7,10-15H2,1H3. The van der Waals surface area contributed by atoms with Crippen molar-refractivity contribution >= 4 is 0 Å². The maximum atomic E-state index is 5.82. The Morgan fingerprint density at radius 1 is 1.20 bits per heavy atom. The van der Waals surface area contributed by atoms with Crippen LogP contribution in [0.25, 0.3) is 0 Å². The normalized spacial score (nSPS) is 20.8. The molecule has 20 heavy (non-hydrogen) atoms. The van der Waals surface area contributed by atoms with Crippen LogP contribution in [0.1, 0.15) is 50.5 Å². The van der Waals surface area contributed by atoms with Gasteiger partial charge in [-0.2, -0.15) is 0 Å². The molecule has 2 unspecified atom stereocenters. The summed E-state index contributed by atoms with van der Waals surface area (Å²) in [6, 6.07) is 11.4. The van der Waals surface area contributed by atoms with Crippen molar-refractivity contribution in [3.05, 3.63) is 35.9 Å². The molecule has 1 aliphatic heterocycles. The third-order valence-corrected chi connectivity index (χ3v) is 4.38. The van der Waals surface area contributed by atoms with Gasteiger partial charge in [-0.05, 0) is 64.0 Å². The highest BCUT2D eigenvalue weighted by molar-refractivity contribution is 5.14. The summed E-state index contributed by atoms with van der Waals surface area (Å²) in [4.78, 5) is 0. The third kappa shape index (κ3) is 5.64. The van der Waals surface area contributed by atoms with E-state index in [0.29, 0.717) is 12.1 Å². The first-order chi connectivity index (χ1) is 9.88. The Hall–Kier alpha value is -0.860. The van der Waals surface area contributed by atoms with Crippen molar-refractivity contribution in [2.45, 2.75) is 63.5 Å². The molecule has 0 bridgehead atoms. The Labute approximate surface area is 123 Å². The Morgan fingerprint density at radius 2 is 2.05 bits per heavy atom. The molecule has 1 aromatic rings. The highest BCUT2D eigenvalue weighted by atomic mass is 16.5. The van der Waals surface area contributed by atoms with Crippen LogP contribution >= 0.6 is 0 Å². The van der Waals surface area contributed by atoms with E-state index >= 15 is 0 Å². The average molecular weight is 275 g/mol. The monoisotopic (exact) mass is 275 g/mol. The van der Waals surface area contributed by atoms with E-state index in [9.17, 15) is 0 Å². The molecule has 0 spiro atoms. The largest absolute Gasteiger partial charge is 0.378 e. The topological polar surface area (TPSA) is 21.3 Å². The third-order valence-electron chi connectivity index (χ3n) is 4.38. The first kappa shape index (κ1) is 15.5. The molecule has 0 aliphatic carbocycles. The molecule has 1 heterocycles. The van der Waals surface area contributed by atoms with Crippen LogP contribution in [0.15, 0.2) is 30.3 Å². The quantitative estimate of drug-likeness (QED) is 0.775. The van der Waals surface area contributed by atoms with Gasteiger partial charge in [-0.15, -0.1) is 0 Å². The minimum Gasteiger partial charge on any atom is -0.378 e. The zero-order valence-corrected chi connectivity index (χ0v) is 12.8. The molecule has 1 aromatic carbocycles. The van der Waals surface area contributed by atoms with Gasteiger partial charge in [0.2, 0.25) is 0 Å². The van der Waals surface area contributed by atoms with Crippen LogP contribution in [0.4, 0.5) is 0 Å². The van der Waals surface area contributed by atoms with E-state index < -0.39 is 0 Å². The van der Waals surface area contributed by atoms with Crippen molar-refractivity contribution < 1.29 is 4.74 Å². The number of nitrogens with one attached hydrogen (secondary N) is 1. The predicted octanol–water partition coefficient (Wildman–Crippen LogP) is 3.95. The SMILES string of the molecule is CNC(CCCc1ccccc1)CCC1CCCCO1. The Morgan fingerprint density at radius 3 is 2.75 bits per heavy atom. The molecule has 1 saturated heterocycles. The fraction of sp³-hybridized carbons (Fsp3) is 0.667. The van der Waals surface area contributed by atoms with Crippen molar-refractivity contribution in [3.63, 3.8) is 0 Å². The summed E-state index contributed by atoms with van der Waals surface area (Å²) in [6.45, 7) is 0.975. The molecule has 1 N–H and O–H groups in total. The molecular formula is C18H29NO. The van der Waals surface area contributed by atoms with E-state index in [0.717, 1.165) is 6.61 Å². The van der Waals surface area contributed by atoms with Crippen molar-refractivity contribution in [2.75, 3.05) is 13.7 Å². The van der Waals surface area contributed by atoms with Gasteiger partial charge in [0, 0.05) is 12.6 Å². The number of rotatable bonds is 8. The van der Waals surface area contributed by atoms with Crippen LogP contribution in [0.3, 0.4) is 0 Å². The van der Waals surface area contributed by atoms with Crippen molar-refractivity contribution in [1.29, 1.82) is 0 Å². The molecule has 0 radical (unpaired) electrons. The second kappa shape index (κ2) is 9.15. The highest BCUT2D eigenvalue weighted by Crippen LogP contribution is 2.19. The summed E-state index contributed by atoms with van der Waals surface area (Å²) >= 11 is 0. The van der Waals surface area contributed by atoms with Gasteiger partial charge in [-0.1, -0.05) is 30.3 Å². The predicted molar refractivity (Wildman–Crippen MR) is 85.1 cm³/mol. The van der Waals surface area contributed by atoms with E-state index in [1.807, 2.05) is 0 Å². The van der Waals surface area contributed by atoms with Gasteiger partial charge in [-0.25, -0.2) is 0 Å². The van der Waals surface area contributed by atoms with Crippen LogP contribution in [0, 0.1) is 0 Å². The van der Waals surface area contributed by atoms with Crippen LogP contribution in [-0.4, -0.2) is 25.8 Å². The first-order valence-electron chi connectivity index (χ1n) is 8.21. The fourth-order valence-electron chi connectivity index (χ4n) is 3.05. The lowest BCUT2D eigenvalue weighted by Gasteiger charge is -2.24. The molecular weight excluding hydrogens is 246 g/mol. The van der Waals surface area contributed by atoms with Gasteiger partial charge in [0.1, 0.15) is 0 Å². The first-order valence-corrected chi connectivity index (χ1v) is 8.21. The van der Waals surface area contributed by atoms with Gasteiger partial charge in [0.25, 0.3) is 0 Å². The lowest BCUT2D eigenvalue weighted by molar-refractivity contribution is 0.00854. The van der Waals surface area contributed by atoms with Crippen molar-refractivity contribution in [1.82, 2.24) is 5.32 Å². The molecule has 1 aliphatic rings. The lowest BCUT2D eigenvalue weighted by atomic mass is 9.98. The zero-order chi connectivity index (χ0) is 14.0. The molecule has 112 valence electrons. The molecule has 1 fully saturated rings. The number of aryl methyl sites for hydroxylation is 1. The van der Waals surface area contributed by atoms with E-state index in [4.69, 9.17) is 4.74 Å². The van der Waals surface area contributed by atoms with Crippen LogP contribution < -0.4 is 5.32 Å². The minimum absolute atomic E-state index is 0.522. The number of hydrogen-bond donors (Lipinski definition) is 1. The summed E-state index contributed by atoms with van der Waals surface area (Å²) in [5.41, 5.74) is 1.46. The summed E-state index contributed by atoms with van der Waals surface area (Å²) in [6.07, 6.45) is 10.6. The van der Waals surface area contributed by atoms with Crippen LogP contribution in [0.2, 0.25) is 0 Å². The molecule has 0 saturated carbocycles. The van der Waals surface area contributed by atoms with E-state index in [2.05, 4.69) is 42.7 Å². The van der Waals surface area contributed by atoms with E-state index in [-0.39, 0.29) is 0 Å². The van der Waals surface area contributed by atoms with Crippen LogP contribution in [0.5, 0.6) is 0 Å². The van der Waals surface area contributed by atoms with Crippen molar-refractivity contribution in [3.8, 4) is 0 Å². The van der Waals surface area contributed by atoms with Gasteiger partial charge in [0.15, 0.2) is 0 Å². The summed E-state index contributed by atoms with van der Waals surface area (Å²) in [5.74, 6) is 0. The van der Waals surface area contributed by atoms with Crippen molar-refractivity contribution in [2.24, 2.45) is 0 Å². The molecule has 0 amide bonds.